The van der Waals surface area contributed by atoms with Gasteiger partial charge in [-0.2, -0.15) is 0 Å². The van der Waals surface area contributed by atoms with E-state index in [9.17, 15) is 0 Å². The molecule has 138 valence electrons. The van der Waals surface area contributed by atoms with Crippen molar-refractivity contribution in [3.8, 4) is 0 Å². The van der Waals surface area contributed by atoms with Gasteiger partial charge in [-0.1, -0.05) is 122 Å². The molecule has 0 radical (unpaired) electrons. The largest absolute Gasteiger partial charge is 0.404 e. The minimum atomic E-state index is -2.41. The second-order valence-electron chi connectivity index (χ2n) is 7.59. The third kappa shape index (κ3) is 4.96. The summed E-state index contributed by atoms with van der Waals surface area (Å²) in [5.74, 6) is 0. The third-order valence-corrected chi connectivity index (χ3v) is 10.2. The van der Waals surface area contributed by atoms with Crippen molar-refractivity contribution in [2.24, 2.45) is 0 Å². The van der Waals surface area contributed by atoms with E-state index in [1.54, 1.807) is 0 Å². The highest BCUT2D eigenvalue weighted by Gasteiger charge is 2.49. The normalized spacial score (nSPS) is 13.3. The summed E-state index contributed by atoms with van der Waals surface area (Å²) in [4.78, 5) is 0. The first kappa shape index (κ1) is 21.1. The summed E-state index contributed by atoms with van der Waals surface area (Å²) in [6.07, 6.45) is 5.39. The van der Waals surface area contributed by atoms with Gasteiger partial charge in [-0.3, -0.25) is 0 Å². The smallest absolute Gasteiger partial charge is 0.261 e. The number of hydrogen-bond acceptors (Lipinski definition) is 1. The Morgan fingerprint density at radius 1 is 0.962 bits per heavy atom. The lowest BCUT2D eigenvalue weighted by molar-refractivity contribution is 0.338. The first-order valence-electron chi connectivity index (χ1n) is 9.07. The van der Waals surface area contributed by atoms with Crippen molar-refractivity contribution >= 4 is 41.3 Å². The molecule has 26 heavy (non-hydrogen) atoms. The standard InChI is InChI=1S/C23H29IOSi/c1-20(12-11-18-24)17-19-25-26(23(2,3)4,21-13-7-5-8-14-21)22-15-9-6-10-16-22/h5-11,13-18H,12,19H2,1-4H3/b18-11+,20-17+. The molecule has 0 aromatic heterocycles. The molecule has 0 fully saturated rings. The first-order valence-corrected chi connectivity index (χ1v) is 12.2. The van der Waals surface area contributed by atoms with Crippen LogP contribution in [0.2, 0.25) is 5.04 Å². The van der Waals surface area contributed by atoms with Gasteiger partial charge >= 0.3 is 0 Å². The molecule has 1 nitrogen and oxygen atoms in total. The second-order valence-corrected chi connectivity index (χ2v) is 12.6. The molecule has 0 saturated heterocycles. The summed E-state index contributed by atoms with van der Waals surface area (Å²) in [5.41, 5.74) is 1.34. The quantitative estimate of drug-likeness (QED) is 0.277. The van der Waals surface area contributed by atoms with Crippen LogP contribution in [-0.2, 0) is 4.43 Å². The maximum atomic E-state index is 6.85. The van der Waals surface area contributed by atoms with Crippen LogP contribution >= 0.6 is 22.6 Å². The number of rotatable bonds is 7. The molecule has 2 aromatic rings. The van der Waals surface area contributed by atoms with E-state index < -0.39 is 8.32 Å². The fourth-order valence-corrected chi connectivity index (χ4v) is 8.13. The highest BCUT2D eigenvalue weighted by atomic mass is 127. The fraction of sp³-hybridized carbons (Fsp3) is 0.304. The minimum absolute atomic E-state index is 0.0273. The maximum Gasteiger partial charge on any atom is 0.261 e. The molecule has 0 unspecified atom stereocenters. The van der Waals surface area contributed by atoms with Gasteiger partial charge in [0.15, 0.2) is 0 Å². The number of allylic oxidation sites excluding steroid dienone is 2. The molecule has 0 atom stereocenters. The molecule has 0 amide bonds. The van der Waals surface area contributed by atoms with Crippen molar-refractivity contribution in [3.63, 3.8) is 0 Å². The predicted octanol–water partition coefficient (Wildman–Crippen LogP) is 5.85. The maximum absolute atomic E-state index is 6.85. The van der Waals surface area contributed by atoms with Crippen molar-refractivity contribution < 1.29 is 4.43 Å². The zero-order valence-electron chi connectivity index (χ0n) is 16.2. The van der Waals surface area contributed by atoms with E-state index in [0.29, 0.717) is 6.61 Å². The molecule has 0 aliphatic heterocycles. The van der Waals surface area contributed by atoms with E-state index in [1.807, 2.05) is 0 Å². The number of benzene rings is 2. The molecule has 0 N–H and O–H groups in total. The minimum Gasteiger partial charge on any atom is -0.404 e. The van der Waals surface area contributed by atoms with E-state index in [-0.39, 0.29) is 5.04 Å². The highest BCUT2D eigenvalue weighted by molar-refractivity contribution is 14.1. The lowest BCUT2D eigenvalue weighted by atomic mass is 10.2. The molecule has 3 heteroatoms. The lowest BCUT2D eigenvalue weighted by Gasteiger charge is -2.42. The molecule has 0 aliphatic rings. The molecule has 2 rings (SSSR count). The Bertz CT molecular complexity index is 690. The van der Waals surface area contributed by atoms with Gasteiger partial charge in [-0.25, -0.2) is 0 Å². The molecule has 0 bridgehead atoms. The summed E-state index contributed by atoms with van der Waals surface area (Å²) >= 11 is 2.27. The second kappa shape index (κ2) is 9.67. The molecule has 0 saturated carbocycles. The SMILES string of the molecule is C/C(=C\CO[Si](c1ccccc1)(c1ccccc1)C(C)(C)C)C/C=C/I. The van der Waals surface area contributed by atoms with Crippen LogP contribution in [0.4, 0.5) is 0 Å². The summed E-state index contributed by atoms with van der Waals surface area (Å²) < 4.78 is 8.92. The van der Waals surface area contributed by atoms with Crippen LogP contribution in [0.5, 0.6) is 0 Å². The van der Waals surface area contributed by atoms with E-state index in [2.05, 4.69) is 127 Å². The van der Waals surface area contributed by atoms with Crippen LogP contribution < -0.4 is 10.4 Å². The topological polar surface area (TPSA) is 9.23 Å². The van der Waals surface area contributed by atoms with Crippen LogP contribution in [0.15, 0.2) is 82.5 Å². The van der Waals surface area contributed by atoms with Crippen LogP contribution in [-0.4, -0.2) is 14.9 Å². The van der Waals surface area contributed by atoms with Crippen molar-refractivity contribution in [3.05, 3.63) is 82.5 Å². The Hall–Kier alpha value is -1.17. The molecule has 2 aromatic carbocycles. The van der Waals surface area contributed by atoms with Gasteiger partial charge in [0.05, 0.1) is 6.61 Å². The zero-order valence-corrected chi connectivity index (χ0v) is 19.4. The number of hydrogen-bond donors (Lipinski definition) is 0. The molecular weight excluding hydrogens is 447 g/mol. The average molecular weight is 476 g/mol. The predicted molar refractivity (Wildman–Crippen MR) is 125 cm³/mol. The Morgan fingerprint density at radius 2 is 1.46 bits per heavy atom. The van der Waals surface area contributed by atoms with E-state index in [0.717, 1.165) is 6.42 Å². The van der Waals surface area contributed by atoms with Gasteiger partial charge in [0.25, 0.3) is 8.32 Å². The molecule has 0 spiro atoms. The monoisotopic (exact) mass is 476 g/mol. The van der Waals surface area contributed by atoms with E-state index in [1.165, 1.54) is 15.9 Å². The Kier molecular flexibility index (Phi) is 7.86. The van der Waals surface area contributed by atoms with E-state index >= 15 is 0 Å². The Labute approximate surface area is 173 Å². The summed E-state index contributed by atoms with van der Waals surface area (Å²) in [5, 5.41) is 2.69. The van der Waals surface area contributed by atoms with Gasteiger partial charge in [-0.05, 0) is 32.8 Å². The van der Waals surface area contributed by atoms with Gasteiger partial charge in [0, 0.05) is 0 Å². The van der Waals surface area contributed by atoms with Gasteiger partial charge in [0.2, 0.25) is 0 Å². The van der Waals surface area contributed by atoms with Crippen molar-refractivity contribution in [1.29, 1.82) is 0 Å². The summed E-state index contributed by atoms with van der Waals surface area (Å²) in [6.45, 7) is 9.76. The lowest BCUT2D eigenvalue weighted by Crippen LogP contribution is -2.66. The van der Waals surface area contributed by atoms with Crippen molar-refractivity contribution in [2.45, 2.75) is 39.2 Å². The van der Waals surface area contributed by atoms with Crippen LogP contribution in [0.3, 0.4) is 0 Å². The summed E-state index contributed by atoms with van der Waals surface area (Å²) in [6, 6.07) is 21.6. The molecule has 0 aliphatic carbocycles. The Balaban J connectivity index is 2.47. The highest BCUT2D eigenvalue weighted by Crippen LogP contribution is 2.36. The van der Waals surface area contributed by atoms with Crippen LogP contribution in [0.1, 0.15) is 34.1 Å². The van der Waals surface area contributed by atoms with Gasteiger partial charge in [-0.15, -0.1) is 0 Å². The first-order chi connectivity index (χ1) is 12.4. The van der Waals surface area contributed by atoms with Crippen LogP contribution in [0.25, 0.3) is 0 Å². The van der Waals surface area contributed by atoms with Gasteiger partial charge < -0.3 is 4.43 Å². The zero-order chi connectivity index (χ0) is 19.0. The van der Waals surface area contributed by atoms with Gasteiger partial charge in [0.1, 0.15) is 0 Å². The Morgan fingerprint density at radius 3 is 1.88 bits per heavy atom. The molecule has 0 heterocycles. The average Bonchev–Trinajstić information content (AvgIpc) is 2.64. The van der Waals surface area contributed by atoms with Crippen molar-refractivity contribution in [1.82, 2.24) is 0 Å². The van der Waals surface area contributed by atoms with Crippen LogP contribution in [0, 0.1) is 0 Å². The third-order valence-electron chi connectivity index (χ3n) is 4.68. The molecular formula is C23H29IOSi. The summed E-state index contributed by atoms with van der Waals surface area (Å²) in [7, 11) is -2.41. The van der Waals surface area contributed by atoms with Crippen molar-refractivity contribution in [2.75, 3.05) is 6.61 Å². The number of halogens is 1. The fourth-order valence-electron chi connectivity index (χ4n) is 3.38. The van der Waals surface area contributed by atoms with E-state index in [4.69, 9.17) is 4.43 Å².